The standard InChI is InChI=1S/C31H32F3NO4/c1-20(2)23-8-4-21(5-9-23)17-30(3)15-14-24-16-25(10-13-27(24)39-30)29(38)35(19-28(36)37)18-22-6-11-26(12-7-22)31(32,33)34/h4-13,16,20H,14-15,17-19H2,1-3H3,(H,36,37). The Balaban J connectivity index is 1.48. The van der Waals surface area contributed by atoms with Gasteiger partial charge in [0.15, 0.2) is 0 Å². The lowest BCUT2D eigenvalue weighted by atomic mass is 9.86. The van der Waals surface area contributed by atoms with Crippen LogP contribution in [0.25, 0.3) is 0 Å². The summed E-state index contributed by atoms with van der Waals surface area (Å²) < 4.78 is 45.0. The average molecular weight is 540 g/mol. The van der Waals surface area contributed by atoms with Crippen LogP contribution in [0.5, 0.6) is 5.75 Å². The minimum atomic E-state index is -4.48. The maximum absolute atomic E-state index is 13.3. The molecule has 1 aliphatic rings. The number of rotatable bonds is 8. The molecule has 0 radical (unpaired) electrons. The van der Waals surface area contributed by atoms with Crippen LogP contribution in [-0.4, -0.2) is 34.0 Å². The van der Waals surface area contributed by atoms with E-state index in [0.717, 1.165) is 35.4 Å². The number of carbonyl (C=O) groups excluding carboxylic acids is 1. The normalized spacial score (nSPS) is 16.9. The number of carboxylic acid groups (broad SMARTS) is 1. The van der Waals surface area contributed by atoms with E-state index < -0.39 is 35.8 Å². The van der Waals surface area contributed by atoms with Crippen molar-refractivity contribution in [2.45, 2.75) is 64.3 Å². The highest BCUT2D eigenvalue weighted by Gasteiger charge is 2.33. The second kappa shape index (κ2) is 11.1. The number of aliphatic carboxylic acids is 1. The molecule has 1 heterocycles. The molecule has 8 heteroatoms. The monoisotopic (exact) mass is 539 g/mol. The van der Waals surface area contributed by atoms with Crippen LogP contribution in [0.1, 0.15) is 71.3 Å². The molecule has 39 heavy (non-hydrogen) atoms. The van der Waals surface area contributed by atoms with Crippen LogP contribution >= 0.6 is 0 Å². The predicted octanol–water partition coefficient (Wildman–Crippen LogP) is 6.88. The smallest absolute Gasteiger partial charge is 0.416 e. The molecule has 1 aliphatic heterocycles. The number of fused-ring (bicyclic) bond motifs is 1. The zero-order valence-electron chi connectivity index (χ0n) is 22.2. The molecular formula is C31H32F3NO4. The number of amides is 1. The van der Waals surface area contributed by atoms with Crippen molar-refractivity contribution in [1.29, 1.82) is 0 Å². The SMILES string of the molecule is CC(C)c1ccc(CC2(C)CCc3cc(C(=O)N(CC(=O)O)Cc4ccc(C(F)(F)F)cc4)ccc3O2)cc1. The van der Waals surface area contributed by atoms with Crippen molar-refractivity contribution in [1.82, 2.24) is 4.90 Å². The number of aryl methyl sites for hydroxylation is 1. The number of halogens is 3. The molecule has 0 saturated heterocycles. The van der Waals surface area contributed by atoms with Gasteiger partial charge in [-0.3, -0.25) is 9.59 Å². The fraction of sp³-hybridized carbons (Fsp3) is 0.355. The Morgan fingerprint density at radius 2 is 1.64 bits per heavy atom. The molecule has 3 aromatic carbocycles. The van der Waals surface area contributed by atoms with Crippen LogP contribution in [0.15, 0.2) is 66.7 Å². The molecule has 1 N–H and O–H groups in total. The van der Waals surface area contributed by atoms with Gasteiger partial charge in [0.1, 0.15) is 17.9 Å². The molecule has 206 valence electrons. The summed E-state index contributed by atoms with van der Waals surface area (Å²) in [5.41, 5.74) is 2.82. The zero-order valence-corrected chi connectivity index (χ0v) is 22.2. The Bertz CT molecular complexity index is 1330. The molecule has 1 unspecified atom stereocenters. The van der Waals surface area contributed by atoms with E-state index >= 15 is 0 Å². The summed E-state index contributed by atoms with van der Waals surface area (Å²) in [6.45, 7) is 5.67. The Morgan fingerprint density at radius 1 is 1.00 bits per heavy atom. The molecular weight excluding hydrogens is 507 g/mol. The third-order valence-electron chi connectivity index (χ3n) is 7.08. The van der Waals surface area contributed by atoms with E-state index in [9.17, 15) is 27.9 Å². The molecule has 5 nitrogen and oxygen atoms in total. The van der Waals surface area contributed by atoms with Crippen LogP contribution < -0.4 is 4.74 Å². The van der Waals surface area contributed by atoms with Crippen LogP contribution in [-0.2, 0) is 30.4 Å². The van der Waals surface area contributed by atoms with E-state index in [0.29, 0.717) is 29.2 Å². The highest BCUT2D eigenvalue weighted by Crippen LogP contribution is 2.36. The quantitative estimate of drug-likeness (QED) is 0.339. The molecule has 0 saturated carbocycles. The lowest BCUT2D eigenvalue weighted by Crippen LogP contribution is -2.39. The number of hydrogen-bond acceptors (Lipinski definition) is 3. The fourth-order valence-electron chi connectivity index (χ4n) is 4.86. The van der Waals surface area contributed by atoms with E-state index in [2.05, 4.69) is 45.0 Å². The minimum absolute atomic E-state index is 0.134. The molecule has 0 spiro atoms. The Labute approximate surface area is 226 Å². The second-order valence-electron chi connectivity index (χ2n) is 10.7. The van der Waals surface area contributed by atoms with Gasteiger partial charge in [0.05, 0.1) is 5.56 Å². The average Bonchev–Trinajstić information content (AvgIpc) is 2.87. The molecule has 4 rings (SSSR count). The second-order valence-corrected chi connectivity index (χ2v) is 10.7. The summed E-state index contributed by atoms with van der Waals surface area (Å²) in [7, 11) is 0. The topological polar surface area (TPSA) is 66.8 Å². The van der Waals surface area contributed by atoms with Crippen molar-refractivity contribution in [3.8, 4) is 5.75 Å². The van der Waals surface area contributed by atoms with Gasteiger partial charge >= 0.3 is 12.1 Å². The van der Waals surface area contributed by atoms with Gasteiger partial charge in [-0.15, -0.1) is 0 Å². The molecule has 1 amide bonds. The maximum Gasteiger partial charge on any atom is 0.416 e. The van der Waals surface area contributed by atoms with Crippen molar-refractivity contribution < 1.29 is 32.6 Å². The van der Waals surface area contributed by atoms with Gasteiger partial charge in [0, 0.05) is 18.5 Å². The molecule has 0 bridgehead atoms. The maximum atomic E-state index is 13.3. The van der Waals surface area contributed by atoms with Crippen LogP contribution in [0, 0.1) is 0 Å². The third-order valence-corrected chi connectivity index (χ3v) is 7.08. The first-order valence-corrected chi connectivity index (χ1v) is 12.9. The number of ether oxygens (including phenoxy) is 1. The van der Waals surface area contributed by atoms with Crippen molar-refractivity contribution in [2.24, 2.45) is 0 Å². The zero-order chi connectivity index (χ0) is 28.4. The molecule has 0 aromatic heterocycles. The van der Waals surface area contributed by atoms with Gasteiger partial charge in [-0.1, -0.05) is 50.2 Å². The molecule has 0 aliphatic carbocycles. The van der Waals surface area contributed by atoms with Gasteiger partial charge in [-0.25, -0.2) is 0 Å². The Morgan fingerprint density at radius 3 is 2.23 bits per heavy atom. The van der Waals surface area contributed by atoms with Crippen LogP contribution in [0.3, 0.4) is 0 Å². The largest absolute Gasteiger partial charge is 0.487 e. The summed E-state index contributed by atoms with van der Waals surface area (Å²) >= 11 is 0. The third kappa shape index (κ3) is 6.99. The van der Waals surface area contributed by atoms with Crippen molar-refractivity contribution in [3.05, 3.63) is 100 Å². The Kier molecular flexibility index (Phi) is 8.04. The number of nitrogens with zero attached hydrogens (tertiary/aromatic N) is 1. The van der Waals surface area contributed by atoms with Gasteiger partial charge in [0.25, 0.3) is 5.91 Å². The van der Waals surface area contributed by atoms with E-state index in [1.165, 1.54) is 23.3 Å². The highest BCUT2D eigenvalue weighted by atomic mass is 19.4. The van der Waals surface area contributed by atoms with Crippen LogP contribution in [0.2, 0.25) is 0 Å². The van der Waals surface area contributed by atoms with E-state index in [1.807, 2.05) is 0 Å². The van der Waals surface area contributed by atoms with Crippen molar-refractivity contribution in [2.75, 3.05) is 6.54 Å². The molecule has 3 aromatic rings. The summed E-state index contributed by atoms with van der Waals surface area (Å²) in [4.78, 5) is 25.9. The molecule has 0 fully saturated rings. The molecule has 1 atom stereocenters. The predicted molar refractivity (Wildman–Crippen MR) is 142 cm³/mol. The summed E-state index contributed by atoms with van der Waals surface area (Å²) in [6, 6.07) is 18.0. The lowest BCUT2D eigenvalue weighted by molar-refractivity contribution is -0.138. The summed E-state index contributed by atoms with van der Waals surface area (Å²) in [6.07, 6.45) is -2.30. The number of alkyl halides is 3. The van der Waals surface area contributed by atoms with Crippen LogP contribution in [0.4, 0.5) is 13.2 Å². The first-order chi connectivity index (χ1) is 18.3. The summed E-state index contributed by atoms with van der Waals surface area (Å²) in [5.74, 6) is -0.579. The number of benzene rings is 3. The first-order valence-electron chi connectivity index (χ1n) is 12.9. The lowest BCUT2D eigenvalue weighted by Gasteiger charge is -2.36. The van der Waals surface area contributed by atoms with Gasteiger partial charge in [-0.05, 0) is 78.3 Å². The van der Waals surface area contributed by atoms with Gasteiger partial charge < -0.3 is 14.7 Å². The van der Waals surface area contributed by atoms with Crippen molar-refractivity contribution >= 4 is 11.9 Å². The van der Waals surface area contributed by atoms with Gasteiger partial charge in [-0.2, -0.15) is 13.2 Å². The Hall–Kier alpha value is -3.81. The van der Waals surface area contributed by atoms with E-state index in [1.54, 1.807) is 18.2 Å². The van der Waals surface area contributed by atoms with E-state index in [4.69, 9.17) is 4.74 Å². The first kappa shape index (κ1) is 28.2. The van der Waals surface area contributed by atoms with Gasteiger partial charge in [0.2, 0.25) is 0 Å². The van der Waals surface area contributed by atoms with Crippen molar-refractivity contribution in [3.63, 3.8) is 0 Å². The fourth-order valence-corrected chi connectivity index (χ4v) is 4.86. The number of hydrogen-bond donors (Lipinski definition) is 1. The van der Waals surface area contributed by atoms with E-state index in [-0.39, 0.29) is 6.54 Å². The summed E-state index contributed by atoms with van der Waals surface area (Å²) in [5, 5.41) is 9.36. The minimum Gasteiger partial charge on any atom is -0.487 e. The number of carbonyl (C=O) groups is 2. The highest BCUT2D eigenvalue weighted by molar-refractivity contribution is 5.96. The number of carboxylic acids is 1.